The van der Waals surface area contributed by atoms with Crippen molar-refractivity contribution in [3.05, 3.63) is 0 Å². The Hall–Kier alpha value is -0.370. The van der Waals surface area contributed by atoms with Crippen molar-refractivity contribution in [2.75, 3.05) is 0 Å². The van der Waals surface area contributed by atoms with Crippen LogP contribution < -0.4 is 0 Å². The van der Waals surface area contributed by atoms with Gasteiger partial charge < -0.3 is 5.48 Å². The highest BCUT2D eigenvalue weighted by molar-refractivity contribution is 5.92. The molecule has 1 aliphatic carbocycles. The zero-order chi connectivity index (χ0) is 2.99. The Morgan fingerprint density at radius 2 is 1.60 bits per heavy atom. The molecule has 0 aromatic carbocycles. The Bertz CT molecular complexity index is 42.9. The predicted octanol–water partition coefficient (Wildman–Crippen LogP) is -0.475. The van der Waals surface area contributed by atoms with Gasteiger partial charge in [-0.1, -0.05) is 0 Å². The largest absolute Gasteiger partial charge is 0.412 e. The normalized spacial score (nSPS) is 17.2. The van der Waals surface area contributed by atoms with Gasteiger partial charge in [0.1, 0.15) is 5.78 Å². The van der Waals surface area contributed by atoms with Gasteiger partial charge in [-0.15, -0.1) is 0 Å². The van der Waals surface area contributed by atoms with E-state index in [1.165, 1.54) is 0 Å². The van der Waals surface area contributed by atoms with E-state index in [9.17, 15) is 4.79 Å². The summed E-state index contributed by atoms with van der Waals surface area (Å²) in [5, 5.41) is 0. The molecule has 0 atom stereocenters. The van der Waals surface area contributed by atoms with Gasteiger partial charge in [-0.2, -0.15) is 0 Å². The van der Waals surface area contributed by atoms with Crippen LogP contribution in [0.2, 0.25) is 0 Å². The molecule has 1 saturated carbocycles. The van der Waals surface area contributed by atoms with Crippen molar-refractivity contribution in [2.45, 2.75) is 12.8 Å². The number of carbonyl (C=O) groups excluding carboxylic acids is 1. The lowest BCUT2D eigenvalue weighted by Crippen LogP contribution is -1.44. The maximum Gasteiger partial charge on any atom is 0.133 e. The molecule has 30 valence electrons. The third-order valence-electron chi connectivity index (χ3n) is 0.454. The standard InChI is InChI=1S/C3H4O.H2O/c4-3-1-2-3;/h1-2H2;1H2. The topological polar surface area (TPSA) is 48.6 Å². The fourth-order valence-electron chi connectivity index (χ4n) is 0.0510. The van der Waals surface area contributed by atoms with Crippen LogP contribution in [0.5, 0.6) is 0 Å². The molecular weight excluding hydrogens is 68.0 g/mol. The van der Waals surface area contributed by atoms with Crippen molar-refractivity contribution in [1.29, 1.82) is 0 Å². The van der Waals surface area contributed by atoms with Gasteiger partial charge in [-0.3, -0.25) is 4.79 Å². The van der Waals surface area contributed by atoms with Crippen LogP contribution in [0.4, 0.5) is 0 Å². The molecule has 1 fully saturated rings. The minimum Gasteiger partial charge on any atom is -0.412 e. The molecular formula is C3H6O2. The number of rotatable bonds is 0. The van der Waals surface area contributed by atoms with Crippen molar-refractivity contribution in [3.63, 3.8) is 0 Å². The summed E-state index contributed by atoms with van der Waals surface area (Å²) in [6.07, 6.45) is 1.69. The monoisotopic (exact) mass is 74.0 g/mol. The Morgan fingerprint density at radius 3 is 1.60 bits per heavy atom. The second-order valence-electron chi connectivity index (χ2n) is 1.04. The number of hydrogen-bond acceptors (Lipinski definition) is 1. The number of Topliss-reactive ketones (excluding diaryl/α,β-unsaturated/α-hetero) is 1. The maximum absolute atomic E-state index is 9.56. The van der Waals surface area contributed by atoms with Crippen molar-refractivity contribution < 1.29 is 10.3 Å². The first-order valence-electron chi connectivity index (χ1n) is 1.41. The van der Waals surface area contributed by atoms with Gasteiger partial charge in [0.05, 0.1) is 0 Å². The van der Waals surface area contributed by atoms with Gasteiger partial charge in [0.2, 0.25) is 0 Å². The highest BCUT2D eigenvalue weighted by Gasteiger charge is 2.13. The average Bonchev–Trinajstić information content (AvgIpc) is 1.75. The Balaban J connectivity index is 0.000000160. The molecule has 0 aromatic heterocycles. The number of ketones is 1. The predicted molar refractivity (Wildman–Crippen MR) is 17.9 cm³/mol. The lowest BCUT2D eigenvalue weighted by Gasteiger charge is -1.26. The smallest absolute Gasteiger partial charge is 0.133 e. The van der Waals surface area contributed by atoms with E-state index in [-0.39, 0.29) is 5.48 Å². The van der Waals surface area contributed by atoms with E-state index in [4.69, 9.17) is 0 Å². The first-order valence-corrected chi connectivity index (χ1v) is 1.41. The molecule has 0 aromatic rings. The first kappa shape index (κ1) is 4.63. The minimum atomic E-state index is 0. The minimum absolute atomic E-state index is 0. The fourth-order valence-corrected chi connectivity index (χ4v) is 0.0510. The summed E-state index contributed by atoms with van der Waals surface area (Å²) < 4.78 is 0. The lowest BCUT2D eigenvalue weighted by molar-refractivity contribution is -0.109. The molecule has 0 unspecified atom stereocenters. The van der Waals surface area contributed by atoms with Crippen LogP contribution >= 0.6 is 0 Å². The van der Waals surface area contributed by atoms with Crippen LogP contribution in [-0.2, 0) is 4.79 Å². The van der Waals surface area contributed by atoms with Crippen molar-refractivity contribution >= 4 is 5.78 Å². The Morgan fingerprint density at radius 1 is 1.40 bits per heavy atom. The van der Waals surface area contributed by atoms with E-state index in [2.05, 4.69) is 0 Å². The number of hydrogen-bond donors (Lipinski definition) is 0. The molecule has 2 nitrogen and oxygen atoms in total. The summed E-state index contributed by atoms with van der Waals surface area (Å²) in [4.78, 5) is 9.56. The van der Waals surface area contributed by atoms with E-state index >= 15 is 0 Å². The molecule has 0 radical (unpaired) electrons. The Labute approximate surface area is 30.1 Å². The highest BCUT2D eigenvalue weighted by atomic mass is 16.1. The van der Waals surface area contributed by atoms with E-state index < -0.39 is 0 Å². The maximum atomic E-state index is 9.56. The van der Waals surface area contributed by atoms with E-state index in [1.807, 2.05) is 0 Å². The summed E-state index contributed by atoms with van der Waals surface area (Å²) in [7, 11) is 0. The number of carbonyl (C=O) groups is 1. The van der Waals surface area contributed by atoms with Crippen LogP contribution in [0.25, 0.3) is 0 Å². The van der Waals surface area contributed by atoms with E-state index in [1.54, 1.807) is 0 Å². The molecule has 5 heavy (non-hydrogen) atoms. The van der Waals surface area contributed by atoms with Crippen LogP contribution in [0.1, 0.15) is 12.8 Å². The first-order chi connectivity index (χ1) is 1.89. The summed E-state index contributed by atoms with van der Waals surface area (Å²) in [5.74, 6) is 0.417. The van der Waals surface area contributed by atoms with Gasteiger partial charge >= 0.3 is 0 Å². The molecule has 2 heteroatoms. The molecule has 0 saturated heterocycles. The van der Waals surface area contributed by atoms with Gasteiger partial charge in [-0.25, -0.2) is 0 Å². The highest BCUT2D eigenvalue weighted by Crippen LogP contribution is 2.08. The SMILES string of the molecule is O.O=C1CC1. The third-order valence-corrected chi connectivity index (χ3v) is 0.454. The van der Waals surface area contributed by atoms with E-state index in [0.29, 0.717) is 5.78 Å². The van der Waals surface area contributed by atoms with Crippen molar-refractivity contribution in [1.82, 2.24) is 0 Å². The molecule has 0 amide bonds. The lowest BCUT2D eigenvalue weighted by atomic mass is 10.9. The summed E-state index contributed by atoms with van der Waals surface area (Å²) in [6, 6.07) is 0. The average molecular weight is 74.1 g/mol. The van der Waals surface area contributed by atoms with Gasteiger partial charge in [-0.05, 0) is 0 Å². The van der Waals surface area contributed by atoms with Crippen LogP contribution in [0.3, 0.4) is 0 Å². The Kier molecular flexibility index (Phi) is 1.08. The second-order valence-corrected chi connectivity index (χ2v) is 1.04. The van der Waals surface area contributed by atoms with Gasteiger partial charge in [0.25, 0.3) is 0 Å². The molecule has 0 bridgehead atoms. The summed E-state index contributed by atoms with van der Waals surface area (Å²) >= 11 is 0. The summed E-state index contributed by atoms with van der Waals surface area (Å²) in [6.45, 7) is 0. The third kappa shape index (κ3) is 1.39. The summed E-state index contributed by atoms with van der Waals surface area (Å²) in [5.41, 5.74) is 0. The van der Waals surface area contributed by atoms with Crippen LogP contribution in [0, 0.1) is 0 Å². The quantitative estimate of drug-likeness (QED) is 0.383. The molecule has 1 aliphatic rings. The zero-order valence-electron chi connectivity index (χ0n) is 2.82. The van der Waals surface area contributed by atoms with Gasteiger partial charge in [0.15, 0.2) is 0 Å². The zero-order valence-corrected chi connectivity index (χ0v) is 2.82. The van der Waals surface area contributed by atoms with Crippen LogP contribution in [0.15, 0.2) is 0 Å². The molecule has 1 rings (SSSR count). The fraction of sp³-hybridized carbons (Fsp3) is 0.667. The van der Waals surface area contributed by atoms with Crippen molar-refractivity contribution in [3.8, 4) is 0 Å². The van der Waals surface area contributed by atoms with Gasteiger partial charge in [0, 0.05) is 12.8 Å². The molecule has 0 spiro atoms. The second kappa shape index (κ2) is 1.17. The molecule has 0 aliphatic heterocycles. The van der Waals surface area contributed by atoms with E-state index in [0.717, 1.165) is 12.8 Å². The molecule has 2 N–H and O–H groups in total. The molecule has 0 heterocycles. The van der Waals surface area contributed by atoms with Crippen LogP contribution in [-0.4, -0.2) is 11.3 Å². The van der Waals surface area contributed by atoms with Crippen molar-refractivity contribution in [2.24, 2.45) is 0 Å².